The van der Waals surface area contributed by atoms with E-state index in [-0.39, 0.29) is 11.9 Å². The van der Waals surface area contributed by atoms with E-state index in [9.17, 15) is 8.78 Å². The molecule has 19 heavy (non-hydrogen) atoms. The smallest absolute Gasteiger partial charge is 0.126 e. The lowest BCUT2D eigenvalue weighted by atomic mass is 10.0. The topological polar surface area (TPSA) is 12.0 Å². The lowest BCUT2D eigenvalue weighted by molar-refractivity contribution is 0.548. The highest BCUT2D eigenvalue weighted by Crippen LogP contribution is 2.36. The summed E-state index contributed by atoms with van der Waals surface area (Å²) in [6.45, 7) is 0. The van der Waals surface area contributed by atoms with Crippen molar-refractivity contribution in [2.24, 2.45) is 0 Å². The molecule has 1 heterocycles. The second kappa shape index (κ2) is 6.43. The van der Waals surface area contributed by atoms with Crippen molar-refractivity contribution >= 4 is 43.2 Å². The van der Waals surface area contributed by atoms with Gasteiger partial charge in [0, 0.05) is 15.4 Å². The number of nitrogens with one attached hydrogen (secondary N) is 1. The molecule has 0 fully saturated rings. The van der Waals surface area contributed by atoms with Gasteiger partial charge in [-0.25, -0.2) is 8.78 Å². The molecule has 0 saturated carbocycles. The Kier molecular flexibility index (Phi) is 5.11. The zero-order chi connectivity index (χ0) is 14.0. The highest BCUT2D eigenvalue weighted by Gasteiger charge is 2.17. The molecule has 0 amide bonds. The lowest BCUT2D eigenvalue weighted by Crippen LogP contribution is -2.18. The highest BCUT2D eigenvalue weighted by molar-refractivity contribution is 9.13. The molecule has 0 aliphatic rings. The standard InChI is InChI=1S/C13H11Br2F2NS/c1-18-11(12-6-9(14)13(15)19-12)5-7-4-8(16)2-3-10(7)17/h2-4,6,11,18H,5H2,1H3. The van der Waals surface area contributed by atoms with Gasteiger partial charge in [-0.05, 0) is 75.2 Å². The van der Waals surface area contributed by atoms with E-state index in [1.807, 2.05) is 13.1 Å². The Morgan fingerprint density at radius 3 is 2.58 bits per heavy atom. The third-order valence-corrected chi connectivity index (χ3v) is 6.16. The van der Waals surface area contributed by atoms with Crippen molar-refractivity contribution in [1.82, 2.24) is 5.32 Å². The molecule has 102 valence electrons. The molecule has 0 aliphatic carbocycles. The Hall–Kier alpha value is -0.300. The molecule has 1 aromatic heterocycles. The van der Waals surface area contributed by atoms with E-state index in [1.54, 1.807) is 11.3 Å². The molecule has 0 aliphatic heterocycles. The number of halogens is 4. The van der Waals surface area contributed by atoms with E-state index in [1.165, 1.54) is 6.07 Å². The molecule has 1 aromatic carbocycles. The minimum atomic E-state index is -0.417. The van der Waals surface area contributed by atoms with Gasteiger partial charge in [0.2, 0.25) is 0 Å². The van der Waals surface area contributed by atoms with E-state index >= 15 is 0 Å². The number of hydrogen-bond donors (Lipinski definition) is 1. The van der Waals surface area contributed by atoms with Crippen molar-refractivity contribution in [2.45, 2.75) is 12.5 Å². The maximum atomic E-state index is 13.7. The summed E-state index contributed by atoms with van der Waals surface area (Å²) in [5, 5.41) is 3.13. The van der Waals surface area contributed by atoms with Gasteiger partial charge >= 0.3 is 0 Å². The van der Waals surface area contributed by atoms with Crippen LogP contribution in [-0.4, -0.2) is 7.05 Å². The first-order valence-corrected chi connectivity index (χ1v) is 7.97. The van der Waals surface area contributed by atoms with Crippen LogP contribution < -0.4 is 5.32 Å². The molecule has 6 heteroatoms. The summed E-state index contributed by atoms with van der Waals surface area (Å²) < 4.78 is 28.8. The molecule has 0 saturated heterocycles. The second-order valence-corrected chi connectivity index (χ2v) is 7.31. The molecule has 2 aromatic rings. The van der Waals surface area contributed by atoms with Gasteiger partial charge in [0.05, 0.1) is 3.79 Å². The average molecular weight is 411 g/mol. The van der Waals surface area contributed by atoms with Crippen molar-refractivity contribution in [3.05, 3.63) is 54.6 Å². The van der Waals surface area contributed by atoms with Gasteiger partial charge in [-0.1, -0.05) is 0 Å². The van der Waals surface area contributed by atoms with Crippen LogP contribution in [0.2, 0.25) is 0 Å². The molecule has 0 radical (unpaired) electrons. The van der Waals surface area contributed by atoms with Crippen LogP contribution in [0.4, 0.5) is 8.78 Å². The largest absolute Gasteiger partial charge is 0.312 e. The number of hydrogen-bond acceptors (Lipinski definition) is 2. The zero-order valence-electron chi connectivity index (χ0n) is 10.0. The van der Waals surface area contributed by atoms with Gasteiger partial charge in [0.25, 0.3) is 0 Å². The fourth-order valence-electron chi connectivity index (χ4n) is 1.80. The minimum absolute atomic E-state index is 0.0519. The lowest BCUT2D eigenvalue weighted by Gasteiger charge is -2.15. The Bertz CT molecular complexity index is 567. The molecule has 2 rings (SSSR count). The van der Waals surface area contributed by atoms with E-state index in [4.69, 9.17) is 0 Å². The first kappa shape index (κ1) is 15.1. The fraction of sp³-hybridized carbons (Fsp3) is 0.231. The summed E-state index contributed by atoms with van der Waals surface area (Å²) in [4.78, 5) is 1.06. The summed E-state index contributed by atoms with van der Waals surface area (Å²) in [7, 11) is 1.81. The maximum Gasteiger partial charge on any atom is 0.126 e. The summed E-state index contributed by atoms with van der Waals surface area (Å²) in [6, 6.07) is 5.47. The monoisotopic (exact) mass is 409 g/mol. The Morgan fingerprint density at radius 2 is 2.00 bits per heavy atom. The fourth-order valence-corrected chi connectivity index (χ4v) is 4.00. The van der Waals surface area contributed by atoms with Gasteiger partial charge in [-0.3, -0.25) is 0 Å². The first-order valence-electron chi connectivity index (χ1n) is 5.57. The van der Waals surface area contributed by atoms with Crippen molar-refractivity contribution in [3.63, 3.8) is 0 Å². The van der Waals surface area contributed by atoms with Crippen molar-refractivity contribution in [2.75, 3.05) is 7.05 Å². The van der Waals surface area contributed by atoms with E-state index < -0.39 is 5.82 Å². The third kappa shape index (κ3) is 3.62. The predicted molar refractivity (Wildman–Crippen MR) is 81.6 cm³/mol. The summed E-state index contributed by atoms with van der Waals surface area (Å²) in [5.74, 6) is -0.795. The Labute approximate surface area is 131 Å². The van der Waals surface area contributed by atoms with Crippen molar-refractivity contribution in [1.29, 1.82) is 0 Å². The number of thiophene rings is 1. The first-order chi connectivity index (χ1) is 9.01. The van der Waals surface area contributed by atoms with Crippen LogP contribution in [0.1, 0.15) is 16.5 Å². The van der Waals surface area contributed by atoms with Gasteiger partial charge in [0.15, 0.2) is 0 Å². The van der Waals surface area contributed by atoms with Gasteiger partial charge in [-0.15, -0.1) is 11.3 Å². The van der Waals surface area contributed by atoms with Gasteiger partial charge in [0.1, 0.15) is 11.6 Å². The number of likely N-dealkylation sites (N-methyl/N-ethyl adjacent to an activating group) is 1. The zero-order valence-corrected chi connectivity index (χ0v) is 14.0. The van der Waals surface area contributed by atoms with Crippen LogP contribution in [0.5, 0.6) is 0 Å². The quantitative estimate of drug-likeness (QED) is 0.743. The SMILES string of the molecule is CNC(Cc1cc(F)ccc1F)c1cc(Br)c(Br)s1. The number of rotatable bonds is 4. The van der Waals surface area contributed by atoms with Gasteiger partial charge in [-0.2, -0.15) is 0 Å². The molecular weight excluding hydrogens is 400 g/mol. The molecular formula is C13H11Br2F2NS. The van der Waals surface area contributed by atoms with E-state index in [0.29, 0.717) is 12.0 Å². The highest BCUT2D eigenvalue weighted by atomic mass is 79.9. The Morgan fingerprint density at radius 1 is 1.26 bits per heavy atom. The number of benzene rings is 1. The summed E-state index contributed by atoms with van der Waals surface area (Å²) >= 11 is 8.43. The van der Waals surface area contributed by atoms with Crippen LogP contribution >= 0.6 is 43.2 Å². The van der Waals surface area contributed by atoms with Crippen LogP contribution in [0.3, 0.4) is 0 Å². The maximum absolute atomic E-state index is 13.7. The summed E-state index contributed by atoms with van der Waals surface area (Å²) in [6.07, 6.45) is 0.402. The molecule has 1 atom stereocenters. The van der Waals surface area contributed by atoms with Crippen LogP contribution in [0, 0.1) is 11.6 Å². The summed E-state index contributed by atoms with van der Waals surface area (Å²) in [5.41, 5.74) is 0.375. The molecule has 1 unspecified atom stereocenters. The van der Waals surface area contributed by atoms with E-state index in [2.05, 4.69) is 37.2 Å². The van der Waals surface area contributed by atoms with Crippen LogP contribution in [0.15, 0.2) is 32.5 Å². The van der Waals surface area contributed by atoms with E-state index in [0.717, 1.165) is 25.3 Å². The Balaban J connectivity index is 2.26. The van der Waals surface area contributed by atoms with Crippen LogP contribution in [0.25, 0.3) is 0 Å². The average Bonchev–Trinajstić information content (AvgIpc) is 2.70. The minimum Gasteiger partial charge on any atom is -0.312 e. The van der Waals surface area contributed by atoms with Gasteiger partial charge < -0.3 is 5.32 Å². The molecule has 0 spiro atoms. The van der Waals surface area contributed by atoms with Crippen molar-refractivity contribution in [3.8, 4) is 0 Å². The van der Waals surface area contributed by atoms with Crippen LogP contribution in [-0.2, 0) is 6.42 Å². The van der Waals surface area contributed by atoms with Crippen molar-refractivity contribution < 1.29 is 8.78 Å². The third-order valence-electron chi connectivity index (χ3n) is 2.79. The normalized spacial score (nSPS) is 12.7. The second-order valence-electron chi connectivity index (χ2n) is 4.05. The molecule has 1 N–H and O–H groups in total. The molecule has 0 bridgehead atoms. The predicted octanol–water partition coefficient (Wildman–Crippen LogP) is 5.05. The molecule has 1 nitrogen and oxygen atoms in total.